The highest BCUT2D eigenvalue weighted by molar-refractivity contribution is 5.95. The summed E-state index contributed by atoms with van der Waals surface area (Å²) in [6, 6.07) is 5.12. The largest absolute Gasteiger partial charge is 0.465 e. The molecule has 1 aliphatic heterocycles. The fourth-order valence-electron chi connectivity index (χ4n) is 2.44. The molecule has 2 rings (SSSR count). The van der Waals surface area contributed by atoms with Crippen molar-refractivity contribution in [2.24, 2.45) is 11.8 Å². The standard InChI is InChI=1S/C15H20N2O3/c1-9-6-11(15(19)20-3)4-5-13(9)17-14(18)12-8-16-7-10(12)2/h4-6,10,12,16H,7-8H2,1-3H3,(H,17,18). The van der Waals surface area contributed by atoms with Gasteiger partial charge >= 0.3 is 5.97 Å². The summed E-state index contributed by atoms with van der Waals surface area (Å²) in [5.41, 5.74) is 2.07. The molecule has 2 unspecified atom stereocenters. The smallest absolute Gasteiger partial charge is 0.337 e. The van der Waals surface area contributed by atoms with E-state index >= 15 is 0 Å². The Labute approximate surface area is 118 Å². The maximum Gasteiger partial charge on any atom is 0.337 e. The Morgan fingerprint density at radius 1 is 1.35 bits per heavy atom. The van der Waals surface area contributed by atoms with Gasteiger partial charge in [-0.1, -0.05) is 6.92 Å². The van der Waals surface area contributed by atoms with E-state index in [1.807, 2.05) is 6.92 Å². The topological polar surface area (TPSA) is 67.4 Å². The maximum atomic E-state index is 12.2. The molecule has 0 aromatic heterocycles. The van der Waals surface area contributed by atoms with Gasteiger partial charge in [0.15, 0.2) is 0 Å². The van der Waals surface area contributed by atoms with E-state index in [0.29, 0.717) is 18.0 Å². The molecule has 1 aliphatic rings. The van der Waals surface area contributed by atoms with E-state index in [2.05, 4.69) is 22.3 Å². The van der Waals surface area contributed by atoms with Crippen molar-refractivity contribution in [2.75, 3.05) is 25.5 Å². The molecule has 2 atom stereocenters. The molecule has 5 heteroatoms. The second-order valence-electron chi connectivity index (χ2n) is 5.25. The third kappa shape index (κ3) is 2.99. The number of esters is 1. The van der Waals surface area contributed by atoms with Crippen molar-refractivity contribution < 1.29 is 14.3 Å². The van der Waals surface area contributed by atoms with Gasteiger partial charge < -0.3 is 15.4 Å². The van der Waals surface area contributed by atoms with Gasteiger partial charge in [0, 0.05) is 12.2 Å². The van der Waals surface area contributed by atoms with Crippen LogP contribution < -0.4 is 10.6 Å². The van der Waals surface area contributed by atoms with Gasteiger partial charge in [-0.3, -0.25) is 4.79 Å². The third-order valence-electron chi connectivity index (χ3n) is 3.76. The molecule has 1 fully saturated rings. The predicted octanol–water partition coefficient (Wildman–Crippen LogP) is 1.58. The highest BCUT2D eigenvalue weighted by Gasteiger charge is 2.29. The summed E-state index contributed by atoms with van der Waals surface area (Å²) in [5, 5.41) is 6.15. The van der Waals surface area contributed by atoms with Crippen LogP contribution in [0.1, 0.15) is 22.8 Å². The summed E-state index contributed by atoms with van der Waals surface area (Å²) in [6.07, 6.45) is 0. The molecule has 20 heavy (non-hydrogen) atoms. The van der Waals surface area contributed by atoms with E-state index in [9.17, 15) is 9.59 Å². The number of aryl methyl sites for hydroxylation is 1. The van der Waals surface area contributed by atoms with Gasteiger partial charge in [0.25, 0.3) is 0 Å². The van der Waals surface area contributed by atoms with E-state index < -0.39 is 0 Å². The zero-order valence-electron chi connectivity index (χ0n) is 12.0. The molecule has 0 spiro atoms. The predicted molar refractivity (Wildman–Crippen MR) is 76.7 cm³/mol. The molecule has 2 N–H and O–H groups in total. The number of rotatable bonds is 3. The summed E-state index contributed by atoms with van der Waals surface area (Å²) >= 11 is 0. The molecule has 1 amide bonds. The van der Waals surface area contributed by atoms with Gasteiger partial charge in [-0.2, -0.15) is 0 Å². The normalized spacial score (nSPS) is 21.6. The first-order chi connectivity index (χ1) is 9.52. The van der Waals surface area contributed by atoms with Crippen molar-refractivity contribution in [1.29, 1.82) is 0 Å². The second kappa shape index (κ2) is 6.05. The fourth-order valence-corrected chi connectivity index (χ4v) is 2.44. The highest BCUT2D eigenvalue weighted by Crippen LogP contribution is 2.21. The summed E-state index contributed by atoms with van der Waals surface area (Å²) in [7, 11) is 1.35. The minimum atomic E-state index is -0.375. The van der Waals surface area contributed by atoms with Crippen molar-refractivity contribution in [3.8, 4) is 0 Å². The number of ether oxygens (including phenoxy) is 1. The second-order valence-corrected chi connectivity index (χ2v) is 5.25. The van der Waals surface area contributed by atoms with E-state index in [-0.39, 0.29) is 17.8 Å². The molecule has 0 aliphatic carbocycles. The van der Waals surface area contributed by atoms with Crippen molar-refractivity contribution in [1.82, 2.24) is 5.32 Å². The lowest BCUT2D eigenvalue weighted by Crippen LogP contribution is -2.28. The Hall–Kier alpha value is -1.88. The van der Waals surface area contributed by atoms with Crippen LogP contribution in [0, 0.1) is 18.8 Å². The number of hydrogen-bond acceptors (Lipinski definition) is 4. The van der Waals surface area contributed by atoms with Gasteiger partial charge in [-0.25, -0.2) is 4.79 Å². The van der Waals surface area contributed by atoms with Crippen molar-refractivity contribution in [3.63, 3.8) is 0 Å². The molecule has 0 radical (unpaired) electrons. The van der Waals surface area contributed by atoms with Gasteiger partial charge in [-0.05, 0) is 43.1 Å². The molecule has 1 aromatic carbocycles. The Morgan fingerprint density at radius 3 is 2.65 bits per heavy atom. The monoisotopic (exact) mass is 276 g/mol. The first-order valence-electron chi connectivity index (χ1n) is 6.73. The lowest BCUT2D eigenvalue weighted by atomic mass is 9.97. The lowest BCUT2D eigenvalue weighted by Gasteiger charge is -2.15. The van der Waals surface area contributed by atoms with E-state index in [1.165, 1.54) is 7.11 Å². The Bertz CT molecular complexity index is 528. The van der Waals surface area contributed by atoms with E-state index in [0.717, 1.165) is 17.8 Å². The number of carbonyl (C=O) groups excluding carboxylic acids is 2. The van der Waals surface area contributed by atoms with Crippen LogP contribution >= 0.6 is 0 Å². The summed E-state index contributed by atoms with van der Waals surface area (Å²) < 4.78 is 4.67. The average Bonchev–Trinajstić information content (AvgIpc) is 2.86. The number of nitrogens with one attached hydrogen (secondary N) is 2. The number of anilines is 1. The molecule has 0 saturated carbocycles. The average molecular weight is 276 g/mol. The van der Waals surface area contributed by atoms with Crippen LogP contribution in [0.25, 0.3) is 0 Å². The Kier molecular flexibility index (Phi) is 4.39. The number of amides is 1. The number of hydrogen-bond donors (Lipinski definition) is 2. The Morgan fingerprint density at radius 2 is 2.10 bits per heavy atom. The molecule has 1 aromatic rings. The van der Waals surface area contributed by atoms with Crippen LogP contribution in [0.4, 0.5) is 5.69 Å². The molecule has 1 saturated heterocycles. The fraction of sp³-hybridized carbons (Fsp3) is 0.467. The number of carbonyl (C=O) groups is 2. The number of benzene rings is 1. The Balaban J connectivity index is 2.10. The molecule has 1 heterocycles. The van der Waals surface area contributed by atoms with Crippen LogP contribution in [0.15, 0.2) is 18.2 Å². The lowest BCUT2D eigenvalue weighted by molar-refractivity contribution is -0.120. The van der Waals surface area contributed by atoms with Crippen molar-refractivity contribution in [2.45, 2.75) is 13.8 Å². The van der Waals surface area contributed by atoms with Gasteiger partial charge in [0.1, 0.15) is 0 Å². The molecule has 0 bridgehead atoms. The maximum absolute atomic E-state index is 12.2. The molecular weight excluding hydrogens is 256 g/mol. The quantitative estimate of drug-likeness (QED) is 0.822. The highest BCUT2D eigenvalue weighted by atomic mass is 16.5. The summed E-state index contributed by atoms with van der Waals surface area (Å²) in [4.78, 5) is 23.6. The van der Waals surface area contributed by atoms with Crippen LogP contribution in [-0.2, 0) is 9.53 Å². The SMILES string of the molecule is COC(=O)c1ccc(NC(=O)C2CNCC2C)c(C)c1. The van der Waals surface area contributed by atoms with Crippen LogP contribution in [0.2, 0.25) is 0 Å². The summed E-state index contributed by atoms with van der Waals surface area (Å²) in [5.74, 6) is -0.0182. The minimum absolute atomic E-state index is 0.00492. The summed E-state index contributed by atoms with van der Waals surface area (Å²) in [6.45, 7) is 5.51. The molecule has 5 nitrogen and oxygen atoms in total. The van der Waals surface area contributed by atoms with E-state index in [1.54, 1.807) is 18.2 Å². The molecular formula is C15H20N2O3. The van der Waals surface area contributed by atoms with Gasteiger partial charge in [0.2, 0.25) is 5.91 Å². The zero-order valence-corrected chi connectivity index (χ0v) is 12.0. The zero-order chi connectivity index (χ0) is 14.7. The van der Waals surface area contributed by atoms with Crippen molar-refractivity contribution in [3.05, 3.63) is 29.3 Å². The third-order valence-corrected chi connectivity index (χ3v) is 3.76. The first-order valence-corrected chi connectivity index (χ1v) is 6.73. The molecule has 108 valence electrons. The van der Waals surface area contributed by atoms with Crippen LogP contribution in [0.5, 0.6) is 0 Å². The van der Waals surface area contributed by atoms with Crippen LogP contribution in [-0.4, -0.2) is 32.1 Å². The van der Waals surface area contributed by atoms with Gasteiger partial charge in [0.05, 0.1) is 18.6 Å². The first kappa shape index (κ1) is 14.5. The number of methoxy groups -OCH3 is 1. The van der Waals surface area contributed by atoms with Gasteiger partial charge in [-0.15, -0.1) is 0 Å². The van der Waals surface area contributed by atoms with Crippen molar-refractivity contribution >= 4 is 17.6 Å². The van der Waals surface area contributed by atoms with E-state index in [4.69, 9.17) is 0 Å². The van der Waals surface area contributed by atoms with Crippen LogP contribution in [0.3, 0.4) is 0 Å². The minimum Gasteiger partial charge on any atom is -0.465 e.